The van der Waals surface area contributed by atoms with Crippen molar-refractivity contribution >= 4 is 83.8 Å². The van der Waals surface area contributed by atoms with Gasteiger partial charge in [0.2, 0.25) is 0 Å². The minimum atomic E-state index is -6.06. The monoisotopic (exact) mass is 702 g/mol. The molecule has 0 fully saturated rings. The van der Waals surface area contributed by atoms with Crippen LogP contribution < -0.4 is 5.32 Å². The van der Waals surface area contributed by atoms with Crippen LogP contribution in [-0.4, -0.2) is 36.8 Å². The Bertz CT molecular complexity index is 731. The standard InChI is InChI=1S/C12H11F3I3NO4S/c13-9(12(14,15)24(21,22)23)2-1-3-19-11(20)7-4-6(16)5-8(17)10(7)18/h4-5,9H,1-3H2,(H,19,20)(H,21,22,23)/p-1. The lowest BCUT2D eigenvalue weighted by Gasteiger charge is -2.23. The maximum Gasteiger partial charge on any atom is 0.364 e. The SMILES string of the molecule is O=C(NCCCC(F)C(F)(F)S(=O)(=O)[O-])c1cc(I)cc(I)c1I. The van der Waals surface area contributed by atoms with Gasteiger partial charge >= 0.3 is 5.25 Å². The van der Waals surface area contributed by atoms with Gasteiger partial charge in [-0.15, -0.1) is 0 Å². The third-order valence-electron chi connectivity index (χ3n) is 2.86. The molecule has 5 nitrogen and oxygen atoms in total. The number of carbonyl (C=O) groups is 1. The van der Waals surface area contributed by atoms with Crippen molar-refractivity contribution in [2.24, 2.45) is 0 Å². The second kappa shape index (κ2) is 8.98. The third kappa shape index (κ3) is 5.80. The first-order valence-corrected chi connectivity index (χ1v) is 10.9. The molecular formula is C12H10F3I3NO4S-. The first-order valence-electron chi connectivity index (χ1n) is 6.28. The number of halogens is 6. The van der Waals surface area contributed by atoms with E-state index in [-0.39, 0.29) is 13.0 Å². The van der Waals surface area contributed by atoms with Crippen molar-refractivity contribution in [2.75, 3.05) is 6.54 Å². The molecule has 0 bridgehead atoms. The van der Waals surface area contributed by atoms with Crippen LogP contribution >= 0.6 is 67.8 Å². The van der Waals surface area contributed by atoms with Crippen molar-refractivity contribution in [2.45, 2.75) is 24.3 Å². The van der Waals surface area contributed by atoms with Crippen LogP contribution in [0.4, 0.5) is 13.2 Å². The zero-order valence-electron chi connectivity index (χ0n) is 11.7. The Morgan fingerprint density at radius 1 is 1.29 bits per heavy atom. The highest BCUT2D eigenvalue weighted by Crippen LogP contribution is 2.30. The number of benzene rings is 1. The Morgan fingerprint density at radius 2 is 1.88 bits per heavy atom. The van der Waals surface area contributed by atoms with Gasteiger partial charge in [0.25, 0.3) is 5.91 Å². The first-order chi connectivity index (χ1) is 10.9. The average Bonchev–Trinajstić information content (AvgIpc) is 2.45. The van der Waals surface area contributed by atoms with Gasteiger partial charge in [0.05, 0.1) is 5.56 Å². The topological polar surface area (TPSA) is 86.3 Å². The Morgan fingerprint density at radius 3 is 2.42 bits per heavy atom. The summed E-state index contributed by atoms with van der Waals surface area (Å²) in [6.07, 6.45) is -4.22. The third-order valence-corrected chi connectivity index (χ3v) is 7.45. The molecule has 136 valence electrons. The predicted molar refractivity (Wildman–Crippen MR) is 106 cm³/mol. The molecule has 0 saturated carbocycles. The highest BCUT2D eigenvalue weighted by Gasteiger charge is 2.46. The van der Waals surface area contributed by atoms with Crippen LogP contribution in [0.15, 0.2) is 12.1 Å². The number of hydrogen-bond acceptors (Lipinski definition) is 4. The first kappa shape index (κ1) is 22.6. The van der Waals surface area contributed by atoms with Crippen LogP contribution in [0.5, 0.6) is 0 Å². The van der Waals surface area contributed by atoms with Gasteiger partial charge < -0.3 is 9.87 Å². The molecule has 12 heteroatoms. The number of hydrogen-bond donors (Lipinski definition) is 1. The summed E-state index contributed by atoms with van der Waals surface area (Å²) >= 11 is 6.11. The number of carbonyl (C=O) groups excluding carboxylic acids is 1. The molecule has 1 amide bonds. The maximum atomic E-state index is 13.2. The molecule has 1 rings (SSSR count). The molecular weight excluding hydrogens is 692 g/mol. The van der Waals surface area contributed by atoms with Crippen LogP contribution in [0.25, 0.3) is 0 Å². The summed E-state index contributed by atoms with van der Waals surface area (Å²) in [5.41, 5.74) is 0.399. The normalized spacial score (nSPS) is 13.6. The molecule has 0 heterocycles. The lowest BCUT2D eigenvalue weighted by Crippen LogP contribution is -2.39. The van der Waals surface area contributed by atoms with Crippen LogP contribution in [0.2, 0.25) is 0 Å². The van der Waals surface area contributed by atoms with E-state index in [1.165, 1.54) is 0 Å². The summed E-state index contributed by atoms with van der Waals surface area (Å²) in [6.45, 7) is -0.133. The lowest BCUT2D eigenvalue weighted by molar-refractivity contribution is -0.00750. The Hall–Kier alpha value is 0.580. The van der Waals surface area contributed by atoms with Crippen LogP contribution in [0, 0.1) is 10.7 Å². The molecule has 1 unspecified atom stereocenters. The molecule has 0 aromatic heterocycles. The molecule has 0 saturated heterocycles. The highest BCUT2D eigenvalue weighted by atomic mass is 127. The summed E-state index contributed by atoms with van der Waals surface area (Å²) in [6, 6.07) is 3.52. The molecule has 0 aliphatic carbocycles. The molecule has 0 aliphatic rings. The van der Waals surface area contributed by atoms with Crippen molar-refractivity contribution in [1.29, 1.82) is 0 Å². The summed E-state index contributed by atoms with van der Waals surface area (Å²) in [4.78, 5) is 12.1. The fraction of sp³-hybridized carbons (Fsp3) is 0.417. The average molecular weight is 702 g/mol. The number of amides is 1. The minimum Gasteiger partial charge on any atom is -0.743 e. The van der Waals surface area contributed by atoms with E-state index in [0.29, 0.717) is 5.56 Å². The molecule has 0 aliphatic heterocycles. The van der Waals surface area contributed by atoms with E-state index in [0.717, 1.165) is 10.7 Å². The Labute approximate surface area is 177 Å². The molecule has 24 heavy (non-hydrogen) atoms. The fourth-order valence-corrected chi connectivity index (χ4v) is 4.46. The molecule has 0 radical (unpaired) electrons. The van der Waals surface area contributed by atoms with Gasteiger partial charge in [0, 0.05) is 17.3 Å². The van der Waals surface area contributed by atoms with Crippen LogP contribution in [0.3, 0.4) is 0 Å². The summed E-state index contributed by atoms with van der Waals surface area (Å²) in [7, 11) is -6.06. The van der Waals surface area contributed by atoms with E-state index in [2.05, 4.69) is 27.9 Å². The zero-order chi connectivity index (χ0) is 18.7. The van der Waals surface area contributed by atoms with Crippen molar-refractivity contribution < 1.29 is 30.9 Å². The van der Waals surface area contributed by atoms with Crippen LogP contribution in [0.1, 0.15) is 23.2 Å². The van der Waals surface area contributed by atoms with E-state index in [1.807, 2.05) is 51.2 Å². The Kier molecular flexibility index (Phi) is 8.47. The summed E-state index contributed by atoms with van der Waals surface area (Å²) in [5, 5.41) is -2.52. The van der Waals surface area contributed by atoms with E-state index in [4.69, 9.17) is 0 Å². The van der Waals surface area contributed by atoms with Crippen LogP contribution in [-0.2, 0) is 10.1 Å². The Balaban J connectivity index is 2.59. The number of alkyl halides is 3. The van der Waals surface area contributed by atoms with Gasteiger partial charge in [-0.3, -0.25) is 4.79 Å². The molecule has 0 spiro atoms. The fourth-order valence-electron chi connectivity index (χ4n) is 1.62. The molecule has 1 N–H and O–H groups in total. The van der Waals surface area contributed by atoms with E-state index in [9.17, 15) is 30.9 Å². The number of nitrogens with one attached hydrogen (secondary N) is 1. The second-order valence-corrected chi connectivity index (χ2v) is 9.57. The second-order valence-electron chi connectivity index (χ2n) is 4.63. The minimum absolute atomic E-state index is 0.133. The van der Waals surface area contributed by atoms with E-state index >= 15 is 0 Å². The quantitative estimate of drug-likeness (QED) is 0.204. The molecule has 1 aromatic rings. The van der Waals surface area contributed by atoms with Crippen molar-refractivity contribution in [3.8, 4) is 0 Å². The van der Waals surface area contributed by atoms with Gasteiger partial charge in [0.15, 0.2) is 16.3 Å². The molecule has 1 aromatic carbocycles. The highest BCUT2D eigenvalue weighted by molar-refractivity contribution is 14.1. The maximum absolute atomic E-state index is 13.2. The van der Waals surface area contributed by atoms with Crippen molar-refractivity contribution in [1.82, 2.24) is 5.32 Å². The van der Waals surface area contributed by atoms with Gasteiger partial charge in [0.1, 0.15) is 0 Å². The number of rotatable bonds is 7. The van der Waals surface area contributed by atoms with E-state index in [1.54, 1.807) is 6.07 Å². The van der Waals surface area contributed by atoms with Gasteiger partial charge in [-0.1, -0.05) is 0 Å². The van der Waals surface area contributed by atoms with Crippen molar-refractivity contribution in [3.05, 3.63) is 28.4 Å². The predicted octanol–water partition coefficient (Wildman–Crippen LogP) is 3.49. The zero-order valence-corrected chi connectivity index (χ0v) is 19.0. The summed E-state index contributed by atoms with van der Waals surface area (Å²) < 4.78 is 72.5. The molecule has 1 atom stereocenters. The largest absolute Gasteiger partial charge is 0.743 e. The van der Waals surface area contributed by atoms with Crippen molar-refractivity contribution in [3.63, 3.8) is 0 Å². The lowest BCUT2D eigenvalue weighted by atomic mass is 10.2. The van der Waals surface area contributed by atoms with Gasteiger partial charge in [-0.25, -0.2) is 12.8 Å². The van der Waals surface area contributed by atoms with Gasteiger partial charge in [-0.05, 0) is 92.7 Å². The van der Waals surface area contributed by atoms with Gasteiger partial charge in [-0.2, -0.15) is 8.78 Å². The smallest absolute Gasteiger partial charge is 0.364 e. The van der Waals surface area contributed by atoms with E-state index < -0.39 is 33.9 Å². The summed E-state index contributed by atoms with van der Waals surface area (Å²) in [5.74, 6) is -0.450.